The number of hydrogen-bond acceptors (Lipinski definition) is 0. The Morgan fingerprint density at radius 2 is 2.31 bits per heavy atom. The minimum absolute atomic E-state index is 0.662. The van der Waals surface area contributed by atoms with E-state index in [4.69, 9.17) is 0 Å². The van der Waals surface area contributed by atoms with E-state index in [-0.39, 0.29) is 0 Å². The quantitative estimate of drug-likeness (QED) is 0.499. The van der Waals surface area contributed by atoms with Crippen molar-refractivity contribution >= 4 is 31.9 Å². The lowest BCUT2D eigenvalue weighted by molar-refractivity contribution is 0.610. The van der Waals surface area contributed by atoms with Gasteiger partial charge in [-0.3, -0.25) is 0 Å². The summed E-state index contributed by atoms with van der Waals surface area (Å²) in [5.41, 5.74) is 1.39. The highest BCUT2D eigenvalue weighted by Crippen LogP contribution is 2.46. The predicted octanol–water partition coefficient (Wildman–Crippen LogP) is 4.53. The molecule has 0 aromatic carbocycles. The molecule has 0 saturated heterocycles. The van der Waals surface area contributed by atoms with Crippen molar-refractivity contribution < 1.29 is 0 Å². The molecule has 0 aromatic rings. The van der Waals surface area contributed by atoms with Crippen LogP contribution in [0, 0.1) is 11.8 Å². The number of allylic oxidation sites excluding steroid dienone is 1. The summed E-state index contributed by atoms with van der Waals surface area (Å²) in [5, 5.41) is 1.07. The van der Waals surface area contributed by atoms with Crippen LogP contribution in [0.2, 0.25) is 0 Å². The second kappa shape index (κ2) is 5.55. The van der Waals surface area contributed by atoms with Crippen LogP contribution in [0.15, 0.2) is 12.2 Å². The molecule has 1 unspecified atom stereocenters. The summed E-state index contributed by atoms with van der Waals surface area (Å²) in [5.74, 6) is 1.82. The van der Waals surface area contributed by atoms with Crippen LogP contribution in [0.5, 0.6) is 0 Å². The minimum Gasteiger partial charge on any atom is -0.0999 e. The van der Waals surface area contributed by atoms with Crippen molar-refractivity contribution in [3.63, 3.8) is 0 Å². The Kier molecular flexibility index (Phi) is 5.03. The fourth-order valence-electron chi connectivity index (χ4n) is 1.85. The van der Waals surface area contributed by atoms with Crippen LogP contribution in [0.3, 0.4) is 0 Å². The van der Waals surface area contributed by atoms with Gasteiger partial charge in [-0.15, -0.1) is 0 Å². The molecule has 76 valence electrons. The van der Waals surface area contributed by atoms with Gasteiger partial charge in [0.2, 0.25) is 0 Å². The Balaban J connectivity index is 2.00. The molecule has 3 atom stereocenters. The fourth-order valence-corrected chi connectivity index (χ4v) is 2.50. The highest BCUT2D eigenvalue weighted by molar-refractivity contribution is 9.12. The summed E-state index contributed by atoms with van der Waals surface area (Å²) in [7, 11) is 0. The summed E-state index contributed by atoms with van der Waals surface area (Å²) in [4.78, 5) is 0.662. The van der Waals surface area contributed by atoms with Gasteiger partial charge in [0.15, 0.2) is 0 Å². The molecule has 0 nitrogen and oxygen atoms in total. The Hall–Kier alpha value is 0.700. The maximum atomic E-state index is 4.01. The van der Waals surface area contributed by atoms with Gasteiger partial charge in [0, 0.05) is 10.2 Å². The van der Waals surface area contributed by atoms with E-state index in [1.54, 1.807) is 0 Å². The van der Waals surface area contributed by atoms with Crippen LogP contribution in [-0.4, -0.2) is 10.2 Å². The first kappa shape index (κ1) is 11.8. The maximum absolute atomic E-state index is 4.01. The molecular weight excluding hydrogens is 292 g/mol. The first-order chi connectivity index (χ1) is 6.15. The molecule has 0 aliphatic heterocycles. The molecule has 13 heavy (non-hydrogen) atoms. The number of halogens is 2. The normalized spacial score (nSPS) is 28.5. The molecule has 0 amide bonds. The molecule has 0 aromatic heterocycles. The molecule has 1 aliphatic rings. The van der Waals surface area contributed by atoms with Gasteiger partial charge >= 0.3 is 0 Å². The van der Waals surface area contributed by atoms with Crippen LogP contribution < -0.4 is 0 Å². The van der Waals surface area contributed by atoms with Crippen molar-refractivity contribution in [1.82, 2.24) is 0 Å². The van der Waals surface area contributed by atoms with Gasteiger partial charge in [-0.05, 0) is 38.0 Å². The monoisotopic (exact) mass is 308 g/mol. The first-order valence-electron chi connectivity index (χ1n) is 5.00. The van der Waals surface area contributed by atoms with E-state index in [9.17, 15) is 0 Å². The molecule has 1 aliphatic carbocycles. The maximum Gasteiger partial charge on any atom is 0.0242 e. The molecule has 2 heteroatoms. The largest absolute Gasteiger partial charge is 0.0999 e. The average molecular weight is 310 g/mol. The zero-order valence-electron chi connectivity index (χ0n) is 8.23. The molecule has 0 spiro atoms. The fraction of sp³-hybridized carbons (Fsp3) is 0.818. The highest BCUT2D eigenvalue weighted by atomic mass is 79.9. The van der Waals surface area contributed by atoms with E-state index in [1.807, 2.05) is 0 Å². The lowest BCUT2D eigenvalue weighted by Crippen LogP contribution is -1.98. The minimum atomic E-state index is 0.662. The van der Waals surface area contributed by atoms with Crippen LogP contribution in [0.1, 0.15) is 32.6 Å². The Morgan fingerprint density at radius 3 is 2.77 bits per heavy atom. The van der Waals surface area contributed by atoms with E-state index >= 15 is 0 Å². The molecular formula is C11H18Br2. The zero-order chi connectivity index (χ0) is 9.84. The second-order valence-electron chi connectivity index (χ2n) is 4.13. The molecule has 1 fully saturated rings. The van der Waals surface area contributed by atoms with Gasteiger partial charge in [0.25, 0.3) is 0 Å². The number of rotatable bonds is 6. The van der Waals surface area contributed by atoms with Gasteiger partial charge in [0.1, 0.15) is 0 Å². The van der Waals surface area contributed by atoms with Crippen LogP contribution in [-0.2, 0) is 0 Å². The second-order valence-corrected chi connectivity index (χ2v) is 6.07. The molecule has 0 N–H and O–H groups in total. The molecule has 0 bridgehead atoms. The third kappa shape index (κ3) is 4.16. The summed E-state index contributed by atoms with van der Waals surface area (Å²) >= 11 is 7.10. The molecule has 0 radical (unpaired) electrons. The van der Waals surface area contributed by atoms with E-state index in [0.717, 1.165) is 17.2 Å². The lowest BCUT2D eigenvalue weighted by Gasteiger charge is -2.04. The van der Waals surface area contributed by atoms with Crippen molar-refractivity contribution in [2.75, 3.05) is 5.33 Å². The zero-order valence-corrected chi connectivity index (χ0v) is 11.4. The van der Waals surface area contributed by atoms with Gasteiger partial charge in [-0.25, -0.2) is 0 Å². The van der Waals surface area contributed by atoms with Crippen molar-refractivity contribution in [3.05, 3.63) is 12.2 Å². The highest BCUT2D eigenvalue weighted by Gasteiger charge is 2.36. The number of alkyl halides is 2. The molecule has 0 heterocycles. The third-order valence-corrected chi connectivity index (χ3v) is 5.25. The van der Waals surface area contributed by atoms with Gasteiger partial charge in [-0.1, -0.05) is 50.4 Å². The van der Waals surface area contributed by atoms with E-state index in [0.29, 0.717) is 4.83 Å². The SMILES string of the molecule is C=C(C)[C@@H]1C[C@H]1CCCC(Br)CBr. The smallest absolute Gasteiger partial charge is 0.0242 e. The number of hydrogen-bond donors (Lipinski definition) is 0. The standard InChI is InChI=1S/C11H18Br2/c1-8(2)11-6-9(11)4-3-5-10(13)7-12/h9-11H,1,3-7H2,2H3/t9-,10?,11+/m1/s1. The van der Waals surface area contributed by atoms with Gasteiger partial charge in [0.05, 0.1) is 0 Å². The summed E-state index contributed by atoms with van der Waals surface area (Å²) in [6, 6.07) is 0. The Labute approximate surface area is 98.4 Å². The Bertz CT molecular complexity index is 177. The summed E-state index contributed by atoms with van der Waals surface area (Å²) in [6.07, 6.45) is 5.45. The summed E-state index contributed by atoms with van der Waals surface area (Å²) < 4.78 is 0. The van der Waals surface area contributed by atoms with Gasteiger partial charge < -0.3 is 0 Å². The van der Waals surface area contributed by atoms with Crippen molar-refractivity contribution in [1.29, 1.82) is 0 Å². The van der Waals surface area contributed by atoms with Crippen LogP contribution in [0.4, 0.5) is 0 Å². The Morgan fingerprint density at radius 1 is 1.62 bits per heavy atom. The topological polar surface area (TPSA) is 0 Å². The van der Waals surface area contributed by atoms with Crippen molar-refractivity contribution in [3.8, 4) is 0 Å². The molecule has 1 rings (SSSR count). The average Bonchev–Trinajstić information content (AvgIpc) is 2.83. The van der Waals surface area contributed by atoms with Gasteiger partial charge in [-0.2, -0.15) is 0 Å². The van der Waals surface area contributed by atoms with Crippen molar-refractivity contribution in [2.24, 2.45) is 11.8 Å². The predicted molar refractivity (Wildman–Crippen MR) is 66.8 cm³/mol. The van der Waals surface area contributed by atoms with E-state index in [1.165, 1.54) is 31.3 Å². The van der Waals surface area contributed by atoms with Crippen LogP contribution in [0.25, 0.3) is 0 Å². The van der Waals surface area contributed by atoms with E-state index in [2.05, 4.69) is 45.4 Å². The lowest BCUT2D eigenvalue weighted by atomic mass is 10.1. The van der Waals surface area contributed by atoms with Crippen LogP contribution >= 0.6 is 31.9 Å². The van der Waals surface area contributed by atoms with Crippen molar-refractivity contribution in [2.45, 2.75) is 37.4 Å². The third-order valence-electron chi connectivity index (χ3n) is 2.82. The summed E-state index contributed by atoms with van der Waals surface area (Å²) in [6.45, 7) is 6.17. The molecule has 1 saturated carbocycles. The van der Waals surface area contributed by atoms with E-state index < -0.39 is 0 Å². The first-order valence-corrected chi connectivity index (χ1v) is 7.04.